The minimum Gasteiger partial charge on any atom is -0.465 e. The van der Waals surface area contributed by atoms with Crippen LogP contribution < -0.4 is 4.90 Å². The van der Waals surface area contributed by atoms with E-state index in [9.17, 15) is 9.90 Å². The number of hydrogen-bond donors (Lipinski definition) is 1. The van der Waals surface area contributed by atoms with Gasteiger partial charge in [-0.15, -0.1) is 0 Å². The quantitative estimate of drug-likeness (QED) is 0.631. The van der Waals surface area contributed by atoms with Crippen LogP contribution in [0.4, 0.5) is 16.4 Å². The average Bonchev–Trinajstić information content (AvgIpc) is 2.83. The molecular weight excluding hydrogens is 390 g/mol. The Morgan fingerprint density at radius 3 is 2.16 bits per heavy atom. The number of piperazine rings is 1. The first-order chi connectivity index (χ1) is 15.2. The normalized spacial score (nSPS) is 16.1. The van der Waals surface area contributed by atoms with E-state index >= 15 is 0 Å². The third kappa shape index (κ3) is 4.71. The maximum absolute atomic E-state index is 11.4. The van der Waals surface area contributed by atoms with Gasteiger partial charge in [-0.1, -0.05) is 67.6 Å². The molecule has 1 saturated heterocycles. The summed E-state index contributed by atoms with van der Waals surface area (Å²) >= 11 is 0. The van der Waals surface area contributed by atoms with Crippen LogP contribution in [0.1, 0.15) is 24.5 Å². The van der Waals surface area contributed by atoms with Crippen molar-refractivity contribution in [2.45, 2.75) is 19.4 Å². The molecule has 7 nitrogen and oxygen atoms in total. The van der Waals surface area contributed by atoms with Crippen molar-refractivity contribution in [3.63, 3.8) is 0 Å². The summed E-state index contributed by atoms with van der Waals surface area (Å²) < 4.78 is 0. The number of aliphatic imine (C=N–C) groups is 1. The topological polar surface area (TPSA) is 81.9 Å². The summed E-state index contributed by atoms with van der Waals surface area (Å²) in [4.78, 5) is 28.9. The first kappa shape index (κ1) is 20.5. The minimum atomic E-state index is -0.864. The Balaban J connectivity index is 1.58. The molecule has 0 radical (unpaired) electrons. The lowest BCUT2D eigenvalue weighted by Crippen LogP contribution is -2.55. The summed E-state index contributed by atoms with van der Waals surface area (Å²) in [6.45, 7) is 3.67. The summed E-state index contributed by atoms with van der Waals surface area (Å²) in [5.41, 5.74) is 2.86. The van der Waals surface area contributed by atoms with E-state index in [2.05, 4.69) is 14.9 Å². The maximum Gasteiger partial charge on any atom is 0.407 e. The lowest BCUT2D eigenvalue weighted by Gasteiger charge is -2.40. The second-order valence-corrected chi connectivity index (χ2v) is 7.41. The van der Waals surface area contributed by atoms with E-state index in [1.165, 1.54) is 4.90 Å². The summed E-state index contributed by atoms with van der Waals surface area (Å²) in [5.74, 6) is 1.27. The van der Waals surface area contributed by atoms with E-state index in [1.54, 1.807) is 12.4 Å². The fourth-order valence-electron chi connectivity index (χ4n) is 3.80. The van der Waals surface area contributed by atoms with Crippen LogP contribution in [0.3, 0.4) is 0 Å². The smallest absolute Gasteiger partial charge is 0.407 e. The van der Waals surface area contributed by atoms with Crippen molar-refractivity contribution >= 4 is 23.4 Å². The standard InChI is InChI=1S/C24H25N5O2/c1-2-20-17-28(13-14-29(20)24(30)31)22-16-25-21(15-26-22)27-23(18-9-5-3-6-10-18)19-11-7-4-8-12-19/h3-12,15-16,20H,2,13-14,17H2,1H3,(H,30,31)/t20-/m0/s1. The Morgan fingerprint density at radius 2 is 1.65 bits per heavy atom. The van der Waals surface area contributed by atoms with Crippen LogP contribution in [-0.2, 0) is 0 Å². The molecular formula is C24H25N5O2. The van der Waals surface area contributed by atoms with Crippen LogP contribution in [-0.4, -0.2) is 57.5 Å². The highest BCUT2D eigenvalue weighted by atomic mass is 16.4. The molecule has 1 atom stereocenters. The van der Waals surface area contributed by atoms with Crippen molar-refractivity contribution in [1.29, 1.82) is 0 Å². The minimum absolute atomic E-state index is 0.0477. The molecule has 1 fully saturated rings. The second kappa shape index (κ2) is 9.38. The zero-order valence-corrected chi connectivity index (χ0v) is 17.4. The fraction of sp³-hybridized carbons (Fsp3) is 0.250. The third-order valence-electron chi connectivity index (χ3n) is 5.47. The molecule has 1 aliphatic rings. The molecule has 0 spiro atoms. The largest absolute Gasteiger partial charge is 0.465 e. The number of benzene rings is 2. The van der Waals surface area contributed by atoms with Crippen LogP contribution in [0.25, 0.3) is 0 Å². The Hall–Kier alpha value is -3.74. The van der Waals surface area contributed by atoms with Crippen molar-refractivity contribution in [2.24, 2.45) is 4.99 Å². The Labute approximate surface area is 181 Å². The molecule has 0 bridgehead atoms. The van der Waals surface area contributed by atoms with Crippen molar-refractivity contribution in [3.8, 4) is 0 Å². The number of carbonyl (C=O) groups is 1. The Bertz CT molecular complexity index is 997. The van der Waals surface area contributed by atoms with Gasteiger partial charge in [0.1, 0.15) is 5.82 Å². The average molecular weight is 415 g/mol. The number of anilines is 1. The highest BCUT2D eigenvalue weighted by Gasteiger charge is 2.29. The maximum atomic E-state index is 11.4. The molecule has 7 heteroatoms. The summed E-state index contributed by atoms with van der Waals surface area (Å²) in [6.07, 6.45) is 3.29. The molecule has 3 aromatic rings. The molecule has 4 rings (SSSR count). The zero-order valence-electron chi connectivity index (χ0n) is 17.4. The number of amides is 1. The van der Waals surface area contributed by atoms with Gasteiger partial charge in [0.25, 0.3) is 0 Å². The lowest BCUT2D eigenvalue weighted by molar-refractivity contribution is 0.116. The van der Waals surface area contributed by atoms with Crippen LogP contribution in [0.5, 0.6) is 0 Å². The molecule has 0 aliphatic carbocycles. The van der Waals surface area contributed by atoms with Crippen LogP contribution in [0, 0.1) is 0 Å². The monoisotopic (exact) mass is 415 g/mol. The molecule has 1 amide bonds. The number of aromatic nitrogens is 2. The second-order valence-electron chi connectivity index (χ2n) is 7.41. The molecule has 2 aromatic carbocycles. The van der Waals surface area contributed by atoms with Gasteiger partial charge in [-0.2, -0.15) is 0 Å². The van der Waals surface area contributed by atoms with Crippen LogP contribution in [0.15, 0.2) is 78.0 Å². The fourth-order valence-corrected chi connectivity index (χ4v) is 3.80. The highest BCUT2D eigenvalue weighted by Crippen LogP contribution is 2.21. The van der Waals surface area contributed by atoms with Gasteiger partial charge in [0.05, 0.1) is 24.1 Å². The molecule has 1 N–H and O–H groups in total. The van der Waals surface area contributed by atoms with E-state index in [0.29, 0.717) is 25.5 Å². The van der Waals surface area contributed by atoms with Gasteiger partial charge in [0.15, 0.2) is 5.82 Å². The third-order valence-corrected chi connectivity index (χ3v) is 5.47. The first-order valence-electron chi connectivity index (χ1n) is 10.4. The van der Waals surface area contributed by atoms with Gasteiger partial charge in [-0.25, -0.2) is 19.8 Å². The Morgan fingerprint density at radius 1 is 1.00 bits per heavy atom. The van der Waals surface area contributed by atoms with Crippen molar-refractivity contribution < 1.29 is 9.90 Å². The number of carboxylic acid groups (broad SMARTS) is 1. The molecule has 0 saturated carbocycles. The predicted octanol–water partition coefficient (Wildman–Crippen LogP) is 4.22. The summed E-state index contributed by atoms with van der Waals surface area (Å²) in [6, 6.07) is 20.0. The van der Waals surface area contributed by atoms with Gasteiger partial charge < -0.3 is 14.9 Å². The van der Waals surface area contributed by atoms with Crippen LogP contribution >= 0.6 is 0 Å². The van der Waals surface area contributed by atoms with E-state index in [1.807, 2.05) is 67.6 Å². The molecule has 0 unspecified atom stereocenters. The summed E-state index contributed by atoms with van der Waals surface area (Å²) in [7, 11) is 0. The zero-order chi connectivity index (χ0) is 21.6. The van der Waals surface area contributed by atoms with E-state index in [-0.39, 0.29) is 6.04 Å². The first-order valence-corrected chi connectivity index (χ1v) is 10.4. The SMILES string of the molecule is CC[C@H]1CN(c2cnc(N=C(c3ccccc3)c3ccccc3)cn2)CCN1C(=O)O. The Kier molecular flexibility index (Phi) is 6.21. The molecule has 2 heterocycles. The van der Waals surface area contributed by atoms with E-state index in [4.69, 9.17) is 4.99 Å². The van der Waals surface area contributed by atoms with Crippen molar-refractivity contribution in [1.82, 2.24) is 14.9 Å². The molecule has 158 valence electrons. The number of rotatable bonds is 5. The van der Waals surface area contributed by atoms with E-state index < -0.39 is 6.09 Å². The van der Waals surface area contributed by atoms with Gasteiger partial charge in [-0.3, -0.25) is 0 Å². The van der Waals surface area contributed by atoms with E-state index in [0.717, 1.165) is 29.1 Å². The number of hydrogen-bond acceptors (Lipinski definition) is 5. The van der Waals surface area contributed by atoms with Gasteiger partial charge in [0, 0.05) is 30.8 Å². The predicted molar refractivity (Wildman–Crippen MR) is 121 cm³/mol. The molecule has 1 aromatic heterocycles. The van der Waals surface area contributed by atoms with Crippen molar-refractivity contribution in [3.05, 3.63) is 84.2 Å². The molecule has 1 aliphatic heterocycles. The summed E-state index contributed by atoms with van der Waals surface area (Å²) in [5, 5.41) is 9.37. The lowest BCUT2D eigenvalue weighted by atomic mass is 10.0. The van der Waals surface area contributed by atoms with Crippen LogP contribution in [0.2, 0.25) is 0 Å². The number of nitrogens with zero attached hydrogens (tertiary/aromatic N) is 5. The highest BCUT2D eigenvalue weighted by molar-refractivity contribution is 6.13. The van der Waals surface area contributed by atoms with Gasteiger partial charge in [-0.05, 0) is 6.42 Å². The van der Waals surface area contributed by atoms with Gasteiger partial charge in [0.2, 0.25) is 0 Å². The van der Waals surface area contributed by atoms with Gasteiger partial charge >= 0.3 is 6.09 Å². The molecule has 31 heavy (non-hydrogen) atoms. The van der Waals surface area contributed by atoms with Crippen molar-refractivity contribution in [2.75, 3.05) is 24.5 Å².